The van der Waals surface area contributed by atoms with Crippen molar-refractivity contribution in [1.82, 2.24) is 14.5 Å². The van der Waals surface area contributed by atoms with Gasteiger partial charge in [0.05, 0.1) is 22.7 Å². The maximum Gasteiger partial charge on any atom is 0.242 e. The van der Waals surface area contributed by atoms with E-state index in [0.29, 0.717) is 25.5 Å². The zero-order valence-corrected chi connectivity index (χ0v) is 16.1. The molecular formula is C19H24F3N5O2. The van der Waals surface area contributed by atoms with Gasteiger partial charge in [-0.15, -0.1) is 0 Å². The van der Waals surface area contributed by atoms with E-state index in [-0.39, 0.29) is 43.0 Å². The molecule has 1 amide bonds. The lowest BCUT2D eigenvalue weighted by atomic mass is 10.1. The predicted molar refractivity (Wildman–Crippen MR) is 101 cm³/mol. The van der Waals surface area contributed by atoms with Gasteiger partial charge in [-0.1, -0.05) is 0 Å². The van der Waals surface area contributed by atoms with Crippen molar-refractivity contribution in [3.8, 4) is 0 Å². The molecule has 2 aromatic rings. The van der Waals surface area contributed by atoms with Gasteiger partial charge in [-0.2, -0.15) is 0 Å². The molecule has 1 unspecified atom stereocenters. The molecule has 3 N–H and O–H groups in total. The molecule has 10 heteroatoms. The molecule has 7 nitrogen and oxygen atoms in total. The fourth-order valence-corrected chi connectivity index (χ4v) is 4.03. The van der Waals surface area contributed by atoms with Gasteiger partial charge in [-0.25, -0.2) is 18.2 Å². The first-order valence-corrected chi connectivity index (χ1v) is 9.65. The Morgan fingerprint density at radius 1 is 1.34 bits per heavy atom. The third-order valence-electron chi connectivity index (χ3n) is 5.72. The molecule has 0 saturated carbocycles. The number of rotatable bonds is 3. The molecule has 3 heterocycles. The van der Waals surface area contributed by atoms with Crippen LogP contribution in [0, 0.1) is 11.6 Å². The number of hydrogen-bond acceptors (Lipinski definition) is 5. The number of halogens is 3. The molecular weight excluding hydrogens is 387 g/mol. The number of carbonyl (C=O) groups is 1. The SMILES string of the molecule is CC1(O)CCN(C(=O)Cn2c(N3CC[C@@H](F)[C@H](N)C3)nc3cc(F)c(F)cc32)C1. The van der Waals surface area contributed by atoms with Crippen LogP contribution in [0.4, 0.5) is 19.1 Å². The zero-order chi connectivity index (χ0) is 20.9. The van der Waals surface area contributed by atoms with Crippen LogP contribution in [0.2, 0.25) is 0 Å². The molecule has 2 aliphatic heterocycles. The normalized spacial score (nSPS) is 27.8. The minimum atomic E-state index is -1.13. The van der Waals surface area contributed by atoms with Crippen LogP contribution in [-0.4, -0.2) is 69.5 Å². The number of anilines is 1. The Morgan fingerprint density at radius 3 is 2.72 bits per heavy atom. The van der Waals surface area contributed by atoms with Crippen molar-refractivity contribution in [1.29, 1.82) is 0 Å². The van der Waals surface area contributed by atoms with E-state index in [2.05, 4.69) is 4.98 Å². The van der Waals surface area contributed by atoms with Gasteiger partial charge >= 0.3 is 0 Å². The van der Waals surface area contributed by atoms with E-state index in [0.717, 1.165) is 12.1 Å². The van der Waals surface area contributed by atoms with Crippen LogP contribution in [-0.2, 0) is 11.3 Å². The highest BCUT2D eigenvalue weighted by atomic mass is 19.2. The highest BCUT2D eigenvalue weighted by molar-refractivity contribution is 5.83. The predicted octanol–water partition coefficient (Wildman–Crippen LogP) is 1.17. The van der Waals surface area contributed by atoms with Gasteiger partial charge < -0.3 is 25.2 Å². The van der Waals surface area contributed by atoms with E-state index >= 15 is 0 Å². The lowest BCUT2D eigenvalue weighted by Crippen LogP contribution is -2.50. The monoisotopic (exact) mass is 411 g/mol. The van der Waals surface area contributed by atoms with Crippen LogP contribution in [0.15, 0.2) is 12.1 Å². The van der Waals surface area contributed by atoms with Gasteiger partial charge in [0.1, 0.15) is 12.7 Å². The fraction of sp³-hybridized carbons (Fsp3) is 0.579. The van der Waals surface area contributed by atoms with Crippen LogP contribution < -0.4 is 10.6 Å². The highest BCUT2D eigenvalue weighted by Gasteiger charge is 2.35. The molecule has 0 radical (unpaired) electrons. The van der Waals surface area contributed by atoms with Crippen molar-refractivity contribution in [2.45, 2.75) is 44.1 Å². The molecule has 0 bridgehead atoms. The Labute approximate surface area is 165 Å². The van der Waals surface area contributed by atoms with Crippen LogP contribution in [0.1, 0.15) is 19.8 Å². The number of aliphatic hydroxyl groups is 1. The number of nitrogens with two attached hydrogens (primary N) is 1. The number of benzene rings is 1. The number of hydrogen-bond donors (Lipinski definition) is 2. The minimum absolute atomic E-state index is 0.155. The van der Waals surface area contributed by atoms with Gasteiger partial charge in [0, 0.05) is 38.3 Å². The number of fused-ring (bicyclic) bond motifs is 1. The lowest BCUT2D eigenvalue weighted by molar-refractivity contribution is -0.131. The standard InChI is InChI=1S/C19H24F3N5O2/c1-19(29)3-5-26(10-19)17(28)9-27-16-7-13(22)12(21)6-15(16)24-18(27)25-4-2-11(20)14(23)8-25/h6-7,11,14,29H,2-5,8-10,23H2,1H3/t11-,14-,19?/m1/s1. The molecule has 1 aromatic carbocycles. The summed E-state index contributed by atoms with van der Waals surface area (Å²) in [7, 11) is 0. The summed E-state index contributed by atoms with van der Waals surface area (Å²) in [4.78, 5) is 20.5. The summed E-state index contributed by atoms with van der Waals surface area (Å²) in [6.07, 6.45) is -0.460. The molecule has 4 rings (SSSR count). The summed E-state index contributed by atoms with van der Waals surface area (Å²) >= 11 is 0. The van der Waals surface area contributed by atoms with Gasteiger partial charge in [0.25, 0.3) is 0 Å². The molecule has 158 valence electrons. The van der Waals surface area contributed by atoms with Crippen molar-refractivity contribution >= 4 is 22.9 Å². The Bertz CT molecular complexity index is 948. The average Bonchev–Trinajstić information content (AvgIpc) is 3.18. The molecule has 2 saturated heterocycles. The lowest BCUT2D eigenvalue weighted by Gasteiger charge is -2.34. The zero-order valence-electron chi connectivity index (χ0n) is 16.1. The number of imidazole rings is 1. The van der Waals surface area contributed by atoms with E-state index in [1.165, 1.54) is 9.47 Å². The number of amides is 1. The topological polar surface area (TPSA) is 87.6 Å². The third-order valence-corrected chi connectivity index (χ3v) is 5.72. The Balaban J connectivity index is 1.70. The van der Waals surface area contributed by atoms with Crippen LogP contribution in [0.3, 0.4) is 0 Å². The van der Waals surface area contributed by atoms with E-state index in [1.807, 2.05) is 0 Å². The Morgan fingerprint density at radius 2 is 2.07 bits per heavy atom. The Kier molecular flexibility index (Phi) is 4.94. The number of piperidine rings is 1. The summed E-state index contributed by atoms with van der Waals surface area (Å²) in [6, 6.07) is 1.28. The van der Waals surface area contributed by atoms with Crippen LogP contribution >= 0.6 is 0 Å². The first-order chi connectivity index (χ1) is 13.6. The highest BCUT2D eigenvalue weighted by Crippen LogP contribution is 2.28. The van der Waals surface area contributed by atoms with E-state index in [9.17, 15) is 23.1 Å². The first kappa shape index (κ1) is 20.0. The van der Waals surface area contributed by atoms with Crippen molar-refractivity contribution in [3.05, 3.63) is 23.8 Å². The molecule has 2 fully saturated rings. The van der Waals surface area contributed by atoms with Crippen molar-refractivity contribution < 1.29 is 23.1 Å². The number of carbonyl (C=O) groups excluding carboxylic acids is 1. The average molecular weight is 411 g/mol. The summed E-state index contributed by atoms with van der Waals surface area (Å²) in [5.41, 5.74) is 5.39. The number of alkyl halides is 1. The summed E-state index contributed by atoms with van der Waals surface area (Å²) in [6.45, 7) is 2.64. The molecule has 1 aromatic heterocycles. The van der Waals surface area contributed by atoms with Gasteiger partial charge in [0.15, 0.2) is 11.6 Å². The van der Waals surface area contributed by atoms with E-state index in [1.54, 1.807) is 11.8 Å². The van der Waals surface area contributed by atoms with Gasteiger partial charge in [-0.05, 0) is 19.8 Å². The Hall–Kier alpha value is -2.33. The van der Waals surface area contributed by atoms with Gasteiger partial charge in [0.2, 0.25) is 11.9 Å². The number of nitrogens with zero attached hydrogens (tertiary/aromatic N) is 4. The minimum Gasteiger partial charge on any atom is -0.388 e. The second-order valence-electron chi connectivity index (χ2n) is 8.23. The van der Waals surface area contributed by atoms with Crippen molar-refractivity contribution in [2.75, 3.05) is 31.1 Å². The largest absolute Gasteiger partial charge is 0.388 e. The van der Waals surface area contributed by atoms with E-state index in [4.69, 9.17) is 5.73 Å². The maximum atomic E-state index is 13.9. The summed E-state index contributed by atoms with van der Waals surface area (Å²) in [5, 5.41) is 10.1. The number of β-amino-alcohol motifs (C(OH)–C–C–N with tert-alkyl or cyclic N) is 1. The van der Waals surface area contributed by atoms with Gasteiger partial charge in [-0.3, -0.25) is 4.79 Å². The van der Waals surface area contributed by atoms with Crippen molar-refractivity contribution in [2.24, 2.45) is 5.73 Å². The summed E-state index contributed by atoms with van der Waals surface area (Å²) < 4.78 is 42.9. The second-order valence-corrected chi connectivity index (χ2v) is 8.23. The smallest absolute Gasteiger partial charge is 0.242 e. The second kappa shape index (κ2) is 7.17. The number of likely N-dealkylation sites (tertiary alicyclic amines) is 1. The van der Waals surface area contributed by atoms with Crippen LogP contribution in [0.25, 0.3) is 11.0 Å². The van der Waals surface area contributed by atoms with Crippen molar-refractivity contribution in [3.63, 3.8) is 0 Å². The third kappa shape index (κ3) is 3.78. The number of aromatic nitrogens is 2. The molecule has 2 aliphatic rings. The molecule has 0 spiro atoms. The fourth-order valence-electron chi connectivity index (χ4n) is 4.03. The molecule has 3 atom stereocenters. The first-order valence-electron chi connectivity index (χ1n) is 9.65. The molecule has 0 aliphatic carbocycles. The van der Waals surface area contributed by atoms with E-state index < -0.39 is 29.4 Å². The maximum absolute atomic E-state index is 13.9. The summed E-state index contributed by atoms with van der Waals surface area (Å²) in [5.74, 6) is -2.01. The quantitative estimate of drug-likeness (QED) is 0.792. The van der Waals surface area contributed by atoms with Crippen LogP contribution in [0.5, 0.6) is 0 Å². The molecule has 29 heavy (non-hydrogen) atoms.